The topological polar surface area (TPSA) is 17.3 Å². The predicted octanol–water partition coefficient (Wildman–Crippen LogP) is 4.48. The number of rotatable bonds is 1. The third-order valence-corrected chi connectivity index (χ3v) is 4.14. The molecule has 0 atom stereocenters. The van der Waals surface area contributed by atoms with Crippen molar-refractivity contribution in [1.82, 2.24) is 9.38 Å². The molecule has 0 aromatic carbocycles. The van der Waals surface area contributed by atoms with Gasteiger partial charge in [-0.15, -0.1) is 11.3 Å². The number of fused-ring (bicyclic) bond motifs is 1. The molecule has 3 aromatic heterocycles. The lowest BCUT2D eigenvalue weighted by molar-refractivity contribution is 1.13. The van der Waals surface area contributed by atoms with Crippen LogP contribution in [0, 0.1) is 0 Å². The molecular weight excluding hydrogens is 308 g/mol. The van der Waals surface area contributed by atoms with Crippen LogP contribution in [0.4, 0.5) is 0 Å². The molecule has 5 heteroatoms. The summed E-state index contributed by atoms with van der Waals surface area (Å²) < 4.78 is 3.82. The second-order valence-corrected chi connectivity index (χ2v) is 5.82. The molecule has 0 unspecified atom stereocenters. The van der Waals surface area contributed by atoms with E-state index in [4.69, 9.17) is 11.6 Å². The minimum absolute atomic E-state index is 0.777. The van der Waals surface area contributed by atoms with E-state index in [-0.39, 0.29) is 0 Å². The van der Waals surface area contributed by atoms with E-state index in [1.54, 1.807) is 0 Å². The highest BCUT2D eigenvalue weighted by Crippen LogP contribution is 2.31. The summed E-state index contributed by atoms with van der Waals surface area (Å²) in [4.78, 5) is 5.49. The fraction of sp³-hybridized carbons (Fsp3) is 0. The van der Waals surface area contributed by atoms with Gasteiger partial charge in [-0.2, -0.15) is 0 Å². The Morgan fingerprint density at radius 3 is 2.88 bits per heavy atom. The predicted molar refractivity (Wildman–Crippen MR) is 71.2 cm³/mol. The van der Waals surface area contributed by atoms with E-state index in [1.165, 1.54) is 11.3 Å². The van der Waals surface area contributed by atoms with Crippen LogP contribution in [-0.4, -0.2) is 9.38 Å². The Morgan fingerprint density at radius 1 is 1.25 bits per heavy atom. The monoisotopic (exact) mass is 312 g/mol. The van der Waals surface area contributed by atoms with E-state index >= 15 is 0 Å². The molecule has 16 heavy (non-hydrogen) atoms. The van der Waals surface area contributed by atoms with Gasteiger partial charge in [0.1, 0.15) is 0 Å². The fourth-order valence-corrected chi connectivity index (χ4v) is 3.17. The minimum Gasteiger partial charge on any atom is -0.286 e. The Bertz CT molecular complexity index is 659. The number of hydrogen-bond donors (Lipinski definition) is 0. The maximum atomic E-state index is 5.94. The Morgan fingerprint density at radius 2 is 2.12 bits per heavy atom. The smallest absolute Gasteiger partial charge is 0.155 e. The molecule has 2 nitrogen and oxygen atoms in total. The second kappa shape index (κ2) is 3.87. The van der Waals surface area contributed by atoms with Gasteiger partial charge in [0, 0.05) is 0 Å². The van der Waals surface area contributed by atoms with E-state index < -0.39 is 0 Å². The molecule has 0 fully saturated rings. The maximum absolute atomic E-state index is 5.94. The molecule has 0 spiro atoms. The third kappa shape index (κ3) is 1.57. The molecule has 3 heterocycles. The Balaban J connectivity index is 2.32. The average molecular weight is 314 g/mol. The normalized spacial score (nSPS) is 11.1. The van der Waals surface area contributed by atoms with Crippen molar-refractivity contribution in [3.63, 3.8) is 0 Å². The first-order valence-electron chi connectivity index (χ1n) is 4.63. The van der Waals surface area contributed by atoms with E-state index in [9.17, 15) is 0 Å². The molecule has 0 aliphatic rings. The summed E-state index contributed by atoms with van der Waals surface area (Å²) in [6.07, 6.45) is 1.85. The number of thiophene rings is 1. The summed E-state index contributed by atoms with van der Waals surface area (Å²) in [6.45, 7) is 0. The molecule has 0 aliphatic heterocycles. The van der Waals surface area contributed by atoms with Crippen LogP contribution in [0.2, 0.25) is 4.34 Å². The van der Waals surface area contributed by atoms with Crippen LogP contribution < -0.4 is 0 Å². The largest absolute Gasteiger partial charge is 0.286 e. The zero-order chi connectivity index (χ0) is 11.1. The minimum atomic E-state index is 0.777. The lowest BCUT2D eigenvalue weighted by Gasteiger charge is -2.01. The maximum Gasteiger partial charge on any atom is 0.155 e. The highest BCUT2D eigenvalue weighted by Gasteiger charge is 2.10. The highest BCUT2D eigenvalue weighted by molar-refractivity contribution is 9.10. The van der Waals surface area contributed by atoms with Crippen molar-refractivity contribution < 1.29 is 0 Å². The summed E-state index contributed by atoms with van der Waals surface area (Å²) >= 11 is 11.0. The van der Waals surface area contributed by atoms with Gasteiger partial charge in [-0.3, -0.25) is 4.40 Å². The van der Waals surface area contributed by atoms with Gasteiger partial charge >= 0.3 is 0 Å². The van der Waals surface area contributed by atoms with Gasteiger partial charge in [-0.25, -0.2) is 4.98 Å². The van der Waals surface area contributed by atoms with Crippen molar-refractivity contribution in [1.29, 1.82) is 0 Å². The second-order valence-electron chi connectivity index (χ2n) is 3.29. The van der Waals surface area contributed by atoms with Crippen LogP contribution in [0.25, 0.3) is 16.2 Å². The van der Waals surface area contributed by atoms with Gasteiger partial charge in [0.2, 0.25) is 0 Å². The van der Waals surface area contributed by atoms with Gasteiger partial charge in [0.05, 0.1) is 25.5 Å². The van der Waals surface area contributed by atoms with Crippen molar-refractivity contribution in [3.8, 4) is 10.7 Å². The molecular formula is C11H6BrClN2S. The first-order valence-corrected chi connectivity index (χ1v) is 6.62. The van der Waals surface area contributed by atoms with E-state index in [0.29, 0.717) is 0 Å². The Hall–Kier alpha value is -0.840. The number of halogens is 2. The lowest BCUT2D eigenvalue weighted by atomic mass is 10.4. The number of imidazole rings is 1. The van der Waals surface area contributed by atoms with Crippen molar-refractivity contribution in [2.24, 2.45) is 0 Å². The SMILES string of the molecule is Clc1ccc(-c2ncc3cccc(Br)n23)s1. The summed E-state index contributed by atoms with van der Waals surface area (Å²) in [5, 5.41) is 0. The molecule has 3 rings (SSSR count). The van der Waals surface area contributed by atoms with Crippen LogP contribution in [0.15, 0.2) is 41.1 Å². The van der Waals surface area contributed by atoms with Gasteiger partial charge in [-0.1, -0.05) is 17.7 Å². The molecule has 0 amide bonds. The van der Waals surface area contributed by atoms with E-state index in [1.807, 2.05) is 36.5 Å². The number of pyridine rings is 1. The Labute approximate surface area is 110 Å². The number of hydrogen-bond acceptors (Lipinski definition) is 2. The third-order valence-electron chi connectivity index (χ3n) is 2.30. The van der Waals surface area contributed by atoms with Crippen LogP contribution >= 0.6 is 38.9 Å². The number of aromatic nitrogens is 2. The van der Waals surface area contributed by atoms with Gasteiger partial charge < -0.3 is 0 Å². The first kappa shape index (κ1) is 10.3. The standard InChI is InChI=1S/C11H6BrClN2S/c12-9-3-1-2-7-6-14-11(15(7)9)8-4-5-10(13)16-8/h1-6H. The molecule has 3 aromatic rings. The van der Waals surface area contributed by atoms with Crippen molar-refractivity contribution in [2.75, 3.05) is 0 Å². The van der Waals surface area contributed by atoms with Crippen LogP contribution in [0.1, 0.15) is 0 Å². The number of nitrogens with zero attached hydrogens (tertiary/aromatic N) is 2. The zero-order valence-corrected chi connectivity index (χ0v) is 11.2. The van der Waals surface area contributed by atoms with Gasteiger partial charge in [0.25, 0.3) is 0 Å². The summed E-state index contributed by atoms with van der Waals surface area (Å²) in [7, 11) is 0. The van der Waals surface area contributed by atoms with Crippen LogP contribution in [-0.2, 0) is 0 Å². The van der Waals surface area contributed by atoms with Crippen molar-refractivity contribution in [2.45, 2.75) is 0 Å². The van der Waals surface area contributed by atoms with Crippen LogP contribution in [0.5, 0.6) is 0 Å². The molecule has 0 aliphatic carbocycles. The summed E-state index contributed by atoms with van der Waals surface area (Å²) in [6, 6.07) is 9.89. The van der Waals surface area contributed by atoms with Gasteiger partial charge in [0.15, 0.2) is 5.82 Å². The molecule has 0 bridgehead atoms. The lowest BCUT2D eigenvalue weighted by Crippen LogP contribution is -1.88. The van der Waals surface area contributed by atoms with Gasteiger partial charge in [-0.05, 0) is 40.2 Å². The molecule has 80 valence electrons. The highest BCUT2D eigenvalue weighted by atomic mass is 79.9. The molecule has 0 radical (unpaired) electrons. The fourth-order valence-electron chi connectivity index (χ4n) is 1.62. The van der Waals surface area contributed by atoms with Crippen molar-refractivity contribution >= 4 is 44.4 Å². The Kier molecular flexibility index (Phi) is 2.50. The molecule has 0 saturated carbocycles. The van der Waals surface area contributed by atoms with Crippen LogP contribution in [0.3, 0.4) is 0 Å². The molecule has 0 N–H and O–H groups in total. The van der Waals surface area contributed by atoms with E-state index in [0.717, 1.165) is 25.2 Å². The quantitative estimate of drug-likeness (QED) is 0.606. The molecule has 0 saturated heterocycles. The van der Waals surface area contributed by atoms with E-state index in [2.05, 4.69) is 25.3 Å². The zero-order valence-electron chi connectivity index (χ0n) is 8.02. The summed E-state index contributed by atoms with van der Waals surface area (Å²) in [5.74, 6) is 0.916. The average Bonchev–Trinajstić information content (AvgIpc) is 2.84. The van der Waals surface area contributed by atoms with Crippen molar-refractivity contribution in [3.05, 3.63) is 45.5 Å². The summed E-state index contributed by atoms with van der Waals surface area (Å²) in [5.41, 5.74) is 1.06. The first-order chi connectivity index (χ1) is 7.75.